The van der Waals surface area contributed by atoms with Gasteiger partial charge in [0, 0.05) is 13.6 Å². The van der Waals surface area contributed by atoms with Crippen molar-refractivity contribution in [2.75, 3.05) is 25.6 Å². The van der Waals surface area contributed by atoms with Gasteiger partial charge in [-0.15, -0.1) is 0 Å². The van der Waals surface area contributed by atoms with E-state index in [0.717, 1.165) is 24.4 Å². The average molecular weight is 270 g/mol. The summed E-state index contributed by atoms with van der Waals surface area (Å²) in [4.78, 5) is 2.19. The summed E-state index contributed by atoms with van der Waals surface area (Å²) in [6.45, 7) is 1.55. The summed E-state index contributed by atoms with van der Waals surface area (Å²) in [7, 11) is 3.78. The number of nitrogens with zero attached hydrogens (tertiary/aromatic N) is 1. The van der Waals surface area contributed by atoms with Crippen molar-refractivity contribution in [2.24, 2.45) is 5.73 Å². The molecule has 3 heteroatoms. The van der Waals surface area contributed by atoms with E-state index in [1.807, 2.05) is 18.2 Å². The summed E-state index contributed by atoms with van der Waals surface area (Å²) in [6, 6.07) is 16.7. The molecule has 0 bridgehead atoms. The first-order chi connectivity index (χ1) is 9.74. The highest BCUT2D eigenvalue weighted by atomic mass is 16.5. The molecule has 0 saturated carbocycles. The van der Waals surface area contributed by atoms with E-state index in [-0.39, 0.29) is 0 Å². The largest absolute Gasteiger partial charge is 0.495 e. The van der Waals surface area contributed by atoms with Crippen LogP contribution in [-0.4, -0.2) is 20.7 Å². The lowest BCUT2D eigenvalue weighted by atomic mass is 10.1. The minimum atomic E-state index is 0.695. The number of hydrogen-bond donors (Lipinski definition) is 1. The SMILES string of the molecule is COc1ccccc1N(C)Cc1ccc(CCN)cc1. The summed E-state index contributed by atoms with van der Waals surface area (Å²) in [5, 5.41) is 0. The molecule has 0 heterocycles. The molecular formula is C17H22N2O. The van der Waals surface area contributed by atoms with E-state index in [1.54, 1.807) is 7.11 Å². The van der Waals surface area contributed by atoms with Crippen LogP contribution in [-0.2, 0) is 13.0 Å². The molecule has 0 aliphatic heterocycles. The van der Waals surface area contributed by atoms with Gasteiger partial charge in [0.1, 0.15) is 5.75 Å². The van der Waals surface area contributed by atoms with E-state index in [1.165, 1.54) is 11.1 Å². The fourth-order valence-electron chi connectivity index (χ4n) is 2.28. The lowest BCUT2D eigenvalue weighted by Crippen LogP contribution is -2.17. The van der Waals surface area contributed by atoms with Crippen LogP contribution in [0.3, 0.4) is 0 Å². The second-order valence-electron chi connectivity index (χ2n) is 4.88. The topological polar surface area (TPSA) is 38.5 Å². The van der Waals surface area contributed by atoms with Crippen LogP contribution in [0.1, 0.15) is 11.1 Å². The quantitative estimate of drug-likeness (QED) is 0.877. The van der Waals surface area contributed by atoms with Gasteiger partial charge in [0.2, 0.25) is 0 Å². The van der Waals surface area contributed by atoms with Crippen LogP contribution in [0.2, 0.25) is 0 Å². The van der Waals surface area contributed by atoms with E-state index in [4.69, 9.17) is 10.5 Å². The van der Waals surface area contributed by atoms with Gasteiger partial charge in [0.15, 0.2) is 0 Å². The van der Waals surface area contributed by atoms with Gasteiger partial charge in [-0.3, -0.25) is 0 Å². The molecule has 0 fully saturated rings. The summed E-state index contributed by atoms with van der Waals surface area (Å²) >= 11 is 0. The molecule has 0 unspecified atom stereocenters. The van der Waals surface area contributed by atoms with Crippen molar-refractivity contribution in [2.45, 2.75) is 13.0 Å². The van der Waals surface area contributed by atoms with Crippen molar-refractivity contribution in [3.63, 3.8) is 0 Å². The Morgan fingerprint density at radius 3 is 2.30 bits per heavy atom. The Labute approximate surface area is 121 Å². The number of hydrogen-bond acceptors (Lipinski definition) is 3. The maximum atomic E-state index is 5.57. The monoisotopic (exact) mass is 270 g/mol. The van der Waals surface area contributed by atoms with Crippen LogP contribution in [0.15, 0.2) is 48.5 Å². The lowest BCUT2D eigenvalue weighted by Gasteiger charge is -2.21. The predicted octanol–water partition coefficient (Wildman–Crippen LogP) is 2.83. The van der Waals surface area contributed by atoms with E-state index in [0.29, 0.717) is 6.54 Å². The number of methoxy groups -OCH3 is 1. The van der Waals surface area contributed by atoms with Crippen molar-refractivity contribution >= 4 is 5.69 Å². The van der Waals surface area contributed by atoms with Gasteiger partial charge >= 0.3 is 0 Å². The zero-order chi connectivity index (χ0) is 14.4. The maximum absolute atomic E-state index is 5.57. The summed E-state index contributed by atoms with van der Waals surface area (Å²) in [5.74, 6) is 0.898. The van der Waals surface area contributed by atoms with Crippen molar-refractivity contribution in [1.82, 2.24) is 0 Å². The highest BCUT2D eigenvalue weighted by Gasteiger charge is 2.07. The van der Waals surface area contributed by atoms with Crippen LogP contribution < -0.4 is 15.4 Å². The number of rotatable bonds is 6. The number of ether oxygens (including phenoxy) is 1. The molecule has 0 aliphatic rings. The first kappa shape index (κ1) is 14.4. The number of para-hydroxylation sites is 2. The van der Waals surface area contributed by atoms with Crippen LogP contribution in [0.4, 0.5) is 5.69 Å². The standard InChI is InChI=1S/C17H22N2O/c1-19(16-5-3-4-6-17(16)20-2)13-15-9-7-14(8-10-15)11-12-18/h3-10H,11-13,18H2,1-2H3. The Bertz CT molecular complexity index is 537. The highest BCUT2D eigenvalue weighted by Crippen LogP contribution is 2.27. The fraction of sp³-hybridized carbons (Fsp3) is 0.294. The van der Waals surface area contributed by atoms with Crippen LogP contribution in [0.5, 0.6) is 5.75 Å². The molecule has 2 aromatic rings. The van der Waals surface area contributed by atoms with E-state index < -0.39 is 0 Å². The first-order valence-corrected chi connectivity index (χ1v) is 6.86. The zero-order valence-electron chi connectivity index (χ0n) is 12.2. The molecule has 0 aromatic heterocycles. The van der Waals surface area contributed by atoms with E-state index in [2.05, 4.69) is 42.3 Å². The molecule has 0 spiro atoms. The van der Waals surface area contributed by atoms with Crippen LogP contribution >= 0.6 is 0 Å². The molecule has 0 saturated heterocycles. The number of benzene rings is 2. The molecule has 0 amide bonds. The molecule has 106 valence electrons. The summed E-state index contributed by atoms with van der Waals surface area (Å²) in [6.07, 6.45) is 0.933. The van der Waals surface area contributed by atoms with E-state index >= 15 is 0 Å². The highest BCUT2D eigenvalue weighted by molar-refractivity contribution is 5.58. The van der Waals surface area contributed by atoms with Gasteiger partial charge in [0.25, 0.3) is 0 Å². The second-order valence-corrected chi connectivity index (χ2v) is 4.88. The van der Waals surface area contributed by atoms with Gasteiger partial charge in [-0.05, 0) is 36.2 Å². The molecule has 2 rings (SSSR count). The third-order valence-electron chi connectivity index (χ3n) is 3.37. The molecule has 2 N–H and O–H groups in total. The van der Waals surface area contributed by atoms with Gasteiger partial charge in [-0.2, -0.15) is 0 Å². The normalized spacial score (nSPS) is 10.3. The Kier molecular flexibility index (Phi) is 5.02. The minimum absolute atomic E-state index is 0.695. The smallest absolute Gasteiger partial charge is 0.142 e. The molecule has 3 nitrogen and oxygen atoms in total. The van der Waals surface area contributed by atoms with E-state index in [9.17, 15) is 0 Å². The number of nitrogens with two attached hydrogens (primary N) is 1. The third kappa shape index (κ3) is 3.52. The lowest BCUT2D eigenvalue weighted by molar-refractivity contribution is 0.415. The molecule has 0 aliphatic carbocycles. The van der Waals surface area contributed by atoms with Crippen molar-refractivity contribution in [1.29, 1.82) is 0 Å². The van der Waals surface area contributed by atoms with Crippen molar-refractivity contribution in [3.8, 4) is 5.75 Å². The third-order valence-corrected chi connectivity index (χ3v) is 3.37. The van der Waals surface area contributed by atoms with Crippen LogP contribution in [0.25, 0.3) is 0 Å². The zero-order valence-corrected chi connectivity index (χ0v) is 12.2. The Morgan fingerprint density at radius 2 is 1.65 bits per heavy atom. The molecule has 2 aromatic carbocycles. The Hall–Kier alpha value is -2.00. The average Bonchev–Trinajstić information content (AvgIpc) is 2.49. The van der Waals surface area contributed by atoms with Gasteiger partial charge in [0.05, 0.1) is 12.8 Å². The first-order valence-electron chi connectivity index (χ1n) is 6.86. The van der Waals surface area contributed by atoms with Gasteiger partial charge in [-0.1, -0.05) is 36.4 Å². The second kappa shape index (κ2) is 6.96. The van der Waals surface area contributed by atoms with Crippen molar-refractivity contribution in [3.05, 3.63) is 59.7 Å². The van der Waals surface area contributed by atoms with Crippen molar-refractivity contribution < 1.29 is 4.74 Å². The van der Waals surface area contributed by atoms with Gasteiger partial charge < -0.3 is 15.4 Å². The molecule has 0 radical (unpaired) electrons. The van der Waals surface area contributed by atoms with Crippen LogP contribution in [0, 0.1) is 0 Å². The molecule has 20 heavy (non-hydrogen) atoms. The molecular weight excluding hydrogens is 248 g/mol. The molecule has 0 atom stereocenters. The Balaban J connectivity index is 2.08. The summed E-state index contributed by atoms with van der Waals surface area (Å²) in [5.41, 5.74) is 9.23. The fourth-order valence-corrected chi connectivity index (χ4v) is 2.28. The maximum Gasteiger partial charge on any atom is 0.142 e. The number of anilines is 1. The Morgan fingerprint density at radius 1 is 1.00 bits per heavy atom. The van der Waals surface area contributed by atoms with Gasteiger partial charge in [-0.25, -0.2) is 0 Å². The summed E-state index contributed by atoms with van der Waals surface area (Å²) < 4.78 is 5.40. The predicted molar refractivity (Wildman–Crippen MR) is 84.3 cm³/mol. The minimum Gasteiger partial charge on any atom is -0.495 e.